The molecule has 0 fully saturated rings. The maximum absolute atomic E-state index is 11.3. The Bertz CT molecular complexity index is 5900. The van der Waals surface area contributed by atoms with Gasteiger partial charge >= 0.3 is 17.8 Å². The Labute approximate surface area is 673 Å². The highest BCUT2D eigenvalue weighted by atomic mass is 16.7. The molecule has 0 saturated heterocycles. The summed E-state index contributed by atoms with van der Waals surface area (Å²) in [4.78, 5) is 93.5. The van der Waals surface area contributed by atoms with Gasteiger partial charge in [-0.05, 0) is 229 Å². The van der Waals surface area contributed by atoms with Crippen molar-refractivity contribution in [1.29, 1.82) is 0 Å². The number of rotatable bonds is 7. The number of aromatic amines is 3. The third kappa shape index (κ3) is 22.8. The van der Waals surface area contributed by atoms with Gasteiger partial charge in [0.15, 0.2) is 11.4 Å². The van der Waals surface area contributed by atoms with Gasteiger partial charge in [-0.25, -0.2) is 15.1 Å². The fourth-order valence-corrected chi connectivity index (χ4v) is 12.9. The van der Waals surface area contributed by atoms with Crippen molar-refractivity contribution in [1.82, 2.24) is 46.0 Å². The number of nitrogens with zero attached hydrogens (tertiary/aromatic N) is 5. The Morgan fingerprint density at radius 1 is 0.517 bits per heavy atom. The maximum atomic E-state index is 11.3. The number of urea groups is 1. The van der Waals surface area contributed by atoms with Crippen LogP contribution in [0.2, 0.25) is 0 Å². The van der Waals surface area contributed by atoms with Gasteiger partial charge in [0.1, 0.15) is 23.0 Å². The third-order valence-corrected chi connectivity index (χ3v) is 19.0. The Morgan fingerprint density at radius 3 is 1.80 bits per heavy atom. The molecule has 12 aromatic rings. The van der Waals surface area contributed by atoms with E-state index in [1.165, 1.54) is 43.5 Å². The number of esters is 1. The molecule has 25 heteroatoms. The van der Waals surface area contributed by atoms with Crippen molar-refractivity contribution < 1.29 is 47.5 Å². The Morgan fingerprint density at radius 2 is 1.10 bits per heavy atom. The lowest BCUT2D eigenvalue weighted by atomic mass is 9.98. The average Bonchev–Trinajstić information content (AvgIpc) is 1.79. The van der Waals surface area contributed by atoms with E-state index in [0.29, 0.717) is 62.2 Å². The van der Waals surface area contributed by atoms with E-state index in [1.54, 1.807) is 23.7 Å². The van der Waals surface area contributed by atoms with Gasteiger partial charge in [-0.15, -0.1) is 0 Å². The number of aliphatic imine (C=N–C) groups is 1. The van der Waals surface area contributed by atoms with E-state index < -0.39 is 0 Å². The quantitative estimate of drug-likeness (QED) is 0.0576. The summed E-state index contributed by atoms with van der Waals surface area (Å²) in [7, 11) is 5.32. The van der Waals surface area contributed by atoms with E-state index in [1.807, 2.05) is 185 Å². The summed E-state index contributed by atoms with van der Waals surface area (Å²) in [6, 6.07) is 53.5. The second-order valence-electron chi connectivity index (χ2n) is 28.7. The first kappa shape index (κ1) is 84.7. The molecule has 0 unspecified atom stereocenters. The molecule has 0 bridgehead atoms. The zero-order valence-corrected chi connectivity index (χ0v) is 68.1. The fraction of sp³-hybridized carbons (Fsp3) is 0.264. The molecule has 7 N–H and O–H groups in total. The van der Waals surface area contributed by atoms with E-state index in [2.05, 4.69) is 122 Å². The summed E-state index contributed by atoms with van der Waals surface area (Å²) in [6.07, 6.45) is 3.40. The van der Waals surface area contributed by atoms with Gasteiger partial charge in [0, 0.05) is 58.3 Å². The third-order valence-electron chi connectivity index (χ3n) is 19.0. The molecule has 116 heavy (non-hydrogen) atoms. The Hall–Kier alpha value is -13.7. The van der Waals surface area contributed by atoms with Crippen LogP contribution in [0.5, 0.6) is 17.2 Å². The number of aryl methyl sites for hydroxylation is 11. The van der Waals surface area contributed by atoms with Crippen LogP contribution in [0.25, 0.3) is 32.9 Å². The molecule has 25 nitrogen and oxygen atoms in total. The number of oxime groups is 1. The highest BCUT2D eigenvalue weighted by Gasteiger charge is 2.23. The van der Waals surface area contributed by atoms with Gasteiger partial charge in [0.2, 0.25) is 11.8 Å². The number of H-pyrrole nitrogens is 3. The minimum atomic E-state index is -0.310. The van der Waals surface area contributed by atoms with Crippen LogP contribution in [-0.4, -0.2) is 86.7 Å². The molecular formula is C91H100N12O13. The number of aromatic nitrogens is 5. The predicted octanol–water partition coefficient (Wildman–Crippen LogP) is 14.7. The van der Waals surface area contributed by atoms with Gasteiger partial charge in [-0.2, -0.15) is 4.99 Å². The number of nitrogens with one attached hydrogen (secondary N) is 7. The molecule has 18 rings (SSSR count). The zero-order chi connectivity index (χ0) is 83.4. The van der Waals surface area contributed by atoms with Gasteiger partial charge in [0.25, 0.3) is 17.0 Å². The molecule has 4 amide bonds. The van der Waals surface area contributed by atoms with Crippen LogP contribution in [-0.2, 0) is 72.1 Å². The van der Waals surface area contributed by atoms with Gasteiger partial charge < -0.3 is 44.3 Å². The molecule has 3 aromatic heterocycles. The summed E-state index contributed by atoms with van der Waals surface area (Å²) >= 11 is 0. The lowest BCUT2D eigenvalue weighted by Gasteiger charge is -2.26. The number of carbonyl (C=O) groups excluding carboxylic acids is 4. The first-order valence-corrected chi connectivity index (χ1v) is 38.1. The predicted molar refractivity (Wildman–Crippen MR) is 455 cm³/mol. The van der Waals surface area contributed by atoms with Crippen molar-refractivity contribution >= 4 is 74.0 Å². The van der Waals surface area contributed by atoms with E-state index in [9.17, 15) is 33.6 Å². The summed E-state index contributed by atoms with van der Waals surface area (Å²) in [5.41, 5.74) is 27.1. The van der Waals surface area contributed by atoms with Crippen LogP contribution in [0.1, 0.15) is 120 Å². The van der Waals surface area contributed by atoms with Crippen molar-refractivity contribution in [3.8, 4) is 17.2 Å². The normalized spacial score (nSPS) is 13.6. The van der Waals surface area contributed by atoms with Gasteiger partial charge in [-0.3, -0.25) is 53.4 Å². The fourth-order valence-electron chi connectivity index (χ4n) is 12.9. The zero-order valence-electron chi connectivity index (χ0n) is 68.1. The molecule has 0 radical (unpaired) electrons. The first-order chi connectivity index (χ1) is 55.5. The van der Waals surface area contributed by atoms with Crippen LogP contribution >= 0.6 is 0 Å². The number of carbonyl (C=O) groups is 4. The van der Waals surface area contributed by atoms with Crippen LogP contribution in [0.4, 0.5) is 10.5 Å². The molecule has 6 aliphatic rings. The number of hydrogen-bond acceptors (Lipinski definition) is 16. The number of allylic oxidation sites excluding steroid dienone is 1. The van der Waals surface area contributed by atoms with Crippen molar-refractivity contribution in [3.63, 3.8) is 0 Å². The maximum Gasteiger partial charge on any atom is 0.419 e. The number of ether oxygens (including phenoxy) is 3. The largest absolute Gasteiger partial charge is 0.494 e. The summed E-state index contributed by atoms with van der Waals surface area (Å²) < 4.78 is 24.3. The van der Waals surface area contributed by atoms with E-state index >= 15 is 0 Å². The monoisotopic (exact) mass is 1570 g/mol. The smallest absolute Gasteiger partial charge is 0.419 e. The number of hydrogen-bond donors (Lipinski definition) is 7. The number of benzene rings is 9. The van der Waals surface area contributed by atoms with Gasteiger partial charge in [0.05, 0.1) is 76.8 Å². The SMILES string of the molecule is C=C1CC(Cc2ccc(C)cc2OCC)=NO1.C=C1N=C(c2ccc(C)cc2OCC)NO1.Cc1ccc2c(=O)[nH][nH]c2c1.Cc1ccc2c(=O)[nH]n(C)c2c1.Cc1ccc2c(c1)C(=O)NCC2.Cc1ccc2c(c1)CNC(=O)C2.Cc1ccc2c(c1)N(C)C(=O)NC2.Cc1ccc2c(c1)OC(=O)C2.Cc1ccc2oc(=O)n(C)c2c1. The number of amidine groups is 1. The van der Waals surface area contributed by atoms with Crippen LogP contribution in [0.3, 0.4) is 0 Å². The molecule has 0 saturated carbocycles. The van der Waals surface area contributed by atoms with Crippen molar-refractivity contribution in [2.75, 3.05) is 31.7 Å². The van der Waals surface area contributed by atoms with Crippen LogP contribution < -0.4 is 57.4 Å². The van der Waals surface area contributed by atoms with Crippen molar-refractivity contribution in [2.24, 2.45) is 24.2 Å². The molecule has 9 heterocycles. The number of amides is 4. The van der Waals surface area contributed by atoms with Crippen LogP contribution in [0, 0.1) is 62.3 Å². The van der Waals surface area contributed by atoms with Crippen molar-refractivity contribution in [3.05, 3.63) is 314 Å². The van der Waals surface area contributed by atoms with E-state index in [0.717, 1.165) is 137 Å². The number of oxazole rings is 1. The van der Waals surface area contributed by atoms with Gasteiger partial charge in [-0.1, -0.05) is 114 Å². The second-order valence-corrected chi connectivity index (χ2v) is 28.7. The molecule has 0 spiro atoms. The molecule has 0 atom stereocenters. The number of hydroxylamine groups is 1. The lowest BCUT2D eigenvalue weighted by molar-refractivity contribution is -0.131. The molecule has 6 aliphatic heterocycles. The van der Waals surface area contributed by atoms with Crippen molar-refractivity contribution in [2.45, 2.75) is 121 Å². The molecular weight excluding hydrogens is 1470 g/mol. The first-order valence-electron chi connectivity index (χ1n) is 38.1. The minimum Gasteiger partial charge on any atom is -0.494 e. The van der Waals surface area contributed by atoms with E-state index in [4.69, 9.17) is 28.3 Å². The molecule has 0 aliphatic carbocycles. The summed E-state index contributed by atoms with van der Waals surface area (Å²) in [5, 5.41) is 21.9. The topological polar surface area (TPSA) is 312 Å². The Balaban J connectivity index is 0.000000138. The minimum absolute atomic E-state index is 0.0208. The molecule has 9 aromatic carbocycles. The lowest BCUT2D eigenvalue weighted by Crippen LogP contribution is -2.41. The standard InChI is InChI=1S/C14H17NO2.C12H14N2O2.C10H12N2O.2C10H11NO.C9H10N2O.C9H9NO2.C9H8O2.C8H8N2O/c1-4-16-14-7-10(2)5-6-12(14)9-13-8-11(3)17-15-13;1-4-15-11-7-8(2)5-6-10(11)12-13-9(3)16-14-12;1-7-3-4-8-6-11-10(13)12(2)9(8)5-7;1-7-2-3-8-5-10(12)11-6-9(8)4-7;1-7-2-3-8-4-5-11-10(12)9(8)6-7;1-6-3-4-7-8(5-6)11(2)10-9(7)12;1-6-3-4-8-7(5-6)10(2)9(11)12-8;1-6-2-3-7-5-9(10)11-8(7)4-6;1-5-2-3-6-7(4-5)9-10-8(6)11/h5-7H,3-4,8-9H2,1-2H3;5-7H,3-4H2,1-2H3,(H,13,14);3-5H,6H2,1-2H3,(H,11,13);2-4H,5-6H2,1H3,(H,11,12);2-3,6H,4-5H2,1H3,(H,11,12);3-5H,1-2H3,(H,10,12);3-5H,1-2H3;2-4H,5H2,1H3;2-4H,1H3,(H2,9,10,11). The summed E-state index contributed by atoms with van der Waals surface area (Å²) in [5.74, 6) is 3.92. The average molecular weight is 1570 g/mol. The second kappa shape index (κ2) is 39.2. The molecule has 602 valence electrons. The highest BCUT2D eigenvalue weighted by Crippen LogP contribution is 2.29. The van der Waals surface area contributed by atoms with Crippen LogP contribution in [0.15, 0.2) is 218 Å². The number of anilines is 1. The number of fused-ring (bicyclic) bond motifs is 7. The Kier molecular flexibility index (Phi) is 28.6. The van der Waals surface area contributed by atoms with E-state index in [-0.39, 0.29) is 40.7 Å². The highest BCUT2D eigenvalue weighted by molar-refractivity contribution is 6.02. The summed E-state index contributed by atoms with van der Waals surface area (Å²) in [6.45, 7) is 32.8.